The molecule has 1 aliphatic carbocycles. The zero-order valence-corrected chi connectivity index (χ0v) is 13.0. The highest BCUT2D eigenvalue weighted by atomic mass is 35.5. The first-order chi connectivity index (χ1) is 11.1. The molecule has 0 saturated heterocycles. The minimum atomic E-state index is -0.588. The number of fused-ring (bicyclic) bond motifs is 1. The number of rotatable bonds is 3. The molecule has 6 heteroatoms. The summed E-state index contributed by atoms with van der Waals surface area (Å²) in [6.45, 7) is 0. The largest absolute Gasteiger partial charge is 0.345 e. The molecule has 0 saturated carbocycles. The van der Waals surface area contributed by atoms with Gasteiger partial charge in [0, 0.05) is 11.6 Å². The molecular weight excluding hydrogens is 316 g/mol. The number of hydrogen-bond donors (Lipinski definition) is 1. The molecule has 5 nitrogen and oxygen atoms in total. The van der Waals surface area contributed by atoms with E-state index >= 15 is 0 Å². The van der Waals surface area contributed by atoms with Crippen LogP contribution in [0.2, 0.25) is 5.02 Å². The van der Waals surface area contributed by atoms with Crippen molar-refractivity contribution in [2.24, 2.45) is 0 Å². The Hall–Kier alpha value is -2.40. The SMILES string of the molecule is O=C(N[C@H]1CCCc2ccccc21)c1ccc(Cl)c([N+](=O)[O-])c1. The van der Waals surface area contributed by atoms with E-state index in [9.17, 15) is 14.9 Å². The van der Waals surface area contributed by atoms with Crippen LogP contribution in [0.1, 0.15) is 40.4 Å². The normalized spacial score (nSPS) is 16.5. The third kappa shape index (κ3) is 3.19. The van der Waals surface area contributed by atoms with Gasteiger partial charge >= 0.3 is 0 Å². The van der Waals surface area contributed by atoms with Crippen molar-refractivity contribution in [1.82, 2.24) is 5.32 Å². The van der Waals surface area contributed by atoms with Crippen molar-refractivity contribution in [1.29, 1.82) is 0 Å². The Bertz CT molecular complexity index is 776. The smallest absolute Gasteiger partial charge is 0.288 e. The summed E-state index contributed by atoms with van der Waals surface area (Å²) in [5, 5.41) is 13.9. The highest BCUT2D eigenvalue weighted by Crippen LogP contribution is 2.30. The summed E-state index contributed by atoms with van der Waals surface area (Å²) in [4.78, 5) is 22.8. The summed E-state index contributed by atoms with van der Waals surface area (Å²) in [5.41, 5.74) is 2.34. The summed E-state index contributed by atoms with van der Waals surface area (Å²) in [6, 6.07) is 12.1. The van der Waals surface area contributed by atoms with Crippen LogP contribution >= 0.6 is 11.6 Å². The average Bonchev–Trinajstić information content (AvgIpc) is 2.55. The van der Waals surface area contributed by atoms with Crippen molar-refractivity contribution >= 4 is 23.2 Å². The van der Waals surface area contributed by atoms with Crippen LogP contribution in [0.4, 0.5) is 5.69 Å². The number of nitrogens with zero attached hydrogens (tertiary/aromatic N) is 1. The maximum atomic E-state index is 12.4. The molecule has 2 aromatic rings. The molecule has 0 spiro atoms. The number of carbonyl (C=O) groups is 1. The van der Waals surface area contributed by atoms with Crippen molar-refractivity contribution in [3.05, 3.63) is 74.3 Å². The Kier molecular flexibility index (Phi) is 4.30. The maximum Gasteiger partial charge on any atom is 0.288 e. The molecule has 0 radical (unpaired) electrons. The number of nitro benzene ring substituents is 1. The molecule has 3 rings (SSSR count). The lowest BCUT2D eigenvalue weighted by atomic mass is 9.87. The van der Waals surface area contributed by atoms with Gasteiger partial charge in [0.2, 0.25) is 0 Å². The second kappa shape index (κ2) is 6.38. The molecule has 0 fully saturated rings. The van der Waals surface area contributed by atoms with Crippen molar-refractivity contribution in [2.45, 2.75) is 25.3 Å². The second-order valence-electron chi connectivity index (χ2n) is 5.54. The van der Waals surface area contributed by atoms with Crippen molar-refractivity contribution in [2.75, 3.05) is 0 Å². The summed E-state index contributed by atoms with van der Waals surface area (Å²) < 4.78 is 0. The first-order valence-corrected chi connectivity index (χ1v) is 7.76. The zero-order chi connectivity index (χ0) is 16.4. The van der Waals surface area contributed by atoms with E-state index in [1.807, 2.05) is 18.2 Å². The fourth-order valence-corrected chi connectivity index (χ4v) is 3.13. The van der Waals surface area contributed by atoms with Crippen molar-refractivity contribution < 1.29 is 9.72 Å². The number of nitro groups is 1. The predicted octanol–water partition coefficient (Wildman–Crippen LogP) is 4.06. The summed E-state index contributed by atoms with van der Waals surface area (Å²) >= 11 is 5.78. The molecule has 1 aliphatic rings. The van der Waals surface area contributed by atoms with E-state index in [1.54, 1.807) is 0 Å². The fraction of sp³-hybridized carbons (Fsp3) is 0.235. The third-order valence-corrected chi connectivity index (χ3v) is 4.40. The molecule has 118 valence electrons. The van der Waals surface area contributed by atoms with E-state index in [2.05, 4.69) is 11.4 Å². The summed E-state index contributed by atoms with van der Waals surface area (Å²) in [5.74, 6) is -0.327. The molecule has 2 aromatic carbocycles. The molecule has 1 amide bonds. The third-order valence-electron chi connectivity index (χ3n) is 4.08. The highest BCUT2D eigenvalue weighted by Gasteiger charge is 2.23. The molecule has 0 aliphatic heterocycles. The molecule has 1 atom stereocenters. The first kappa shape index (κ1) is 15.5. The van der Waals surface area contributed by atoms with Gasteiger partial charge in [-0.05, 0) is 42.5 Å². The van der Waals surface area contributed by atoms with Crippen molar-refractivity contribution in [3.63, 3.8) is 0 Å². The molecule has 1 N–H and O–H groups in total. The van der Waals surface area contributed by atoms with Crippen LogP contribution in [0.25, 0.3) is 0 Å². The summed E-state index contributed by atoms with van der Waals surface area (Å²) in [7, 11) is 0. The van der Waals surface area contributed by atoms with Gasteiger partial charge in [-0.3, -0.25) is 14.9 Å². The number of hydrogen-bond acceptors (Lipinski definition) is 3. The lowest BCUT2D eigenvalue weighted by Gasteiger charge is -2.26. The van der Waals surface area contributed by atoms with E-state index < -0.39 is 4.92 Å². The highest BCUT2D eigenvalue weighted by molar-refractivity contribution is 6.32. The predicted molar refractivity (Wildman–Crippen MR) is 87.7 cm³/mol. The van der Waals surface area contributed by atoms with E-state index in [0.29, 0.717) is 0 Å². The van der Waals surface area contributed by atoms with Crippen LogP contribution < -0.4 is 5.32 Å². The molecule has 0 heterocycles. The minimum absolute atomic E-state index is 0.0227. The Morgan fingerprint density at radius 1 is 1.26 bits per heavy atom. The van der Waals surface area contributed by atoms with Gasteiger partial charge in [-0.1, -0.05) is 35.9 Å². The van der Waals surface area contributed by atoms with Gasteiger partial charge in [-0.15, -0.1) is 0 Å². The van der Waals surface area contributed by atoms with Gasteiger partial charge in [0.25, 0.3) is 11.6 Å². The Balaban J connectivity index is 1.83. The molecule has 0 bridgehead atoms. The summed E-state index contributed by atoms with van der Waals surface area (Å²) in [6.07, 6.45) is 2.87. The molecule has 0 aromatic heterocycles. The topological polar surface area (TPSA) is 72.2 Å². The van der Waals surface area contributed by atoms with Crippen LogP contribution in [-0.4, -0.2) is 10.8 Å². The molecule has 0 unspecified atom stereocenters. The molecular formula is C17H15ClN2O3. The van der Waals surface area contributed by atoms with Crippen LogP contribution in [0.5, 0.6) is 0 Å². The van der Waals surface area contributed by atoms with E-state index in [-0.39, 0.29) is 28.2 Å². The molecule has 23 heavy (non-hydrogen) atoms. The number of benzene rings is 2. The average molecular weight is 331 g/mol. The van der Waals surface area contributed by atoms with E-state index in [1.165, 1.54) is 23.8 Å². The zero-order valence-electron chi connectivity index (χ0n) is 12.3. The number of amides is 1. The Labute approximate surface area is 138 Å². The van der Waals surface area contributed by atoms with E-state index in [0.717, 1.165) is 24.8 Å². The number of nitrogens with one attached hydrogen (secondary N) is 1. The lowest BCUT2D eigenvalue weighted by molar-refractivity contribution is -0.384. The quantitative estimate of drug-likeness (QED) is 0.681. The van der Waals surface area contributed by atoms with Crippen molar-refractivity contribution in [3.8, 4) is 0 Å². The van der Waals surface area contributed by atoms with Gasteiger partial charge < -0.3 is 5.32 Å². The van der Waals surface area contributed by atoms with Crippen LogP contribution in [0, 0.1) is 10.1 Å². The van der Waals surface area contributed by atoms with Gasteiger partial charge in [0.15, 0.2) is 0 Å². The standard InChI is InChI=1S/C17H15ClN2O3/c18-14-9-8-12(10-16(14)20(22)23)17(21)19-15-7-3-5-11-4-1-2-6-13(11)15/h1-2,4,6,8-10,15H,3,5,7H2,(H,19,21)/t15-/m0/s1. The maximum absolute atomic E-state index is 12.4. The number of carbonyl (C=O) groups excluding carboxylic acids is 1. The second-order valence-corrected chi connectivity index (χ2v) is 5.95. The minimum Gasteiger partial charge on any atom is -0.345 e. The van der Waals surface area contributed by atoms with Crippen LogP contribution in [0.15, 0.2) is 42.5 Å². The van der Waals surface area contributed by atoms with E-state index in [4.69, 9.17) is 11.6 Å². The Morgan fingerprint density at radius 2 is 2.04 bits per heavy atom. The Morgan fingerprint density at radius 3 is 2.83 bits per heavy atom. The lowest BCUT2D eigenvalue weighted by Crippen LogP contribution is -2.31. The first-order valence-electron chi connectivity index (χ1n) is 7.39. The van der Waals surface area contributed by atoms with Gasteiger partial charge in [0.05, 0.1) is 11.0 Å². The van der Waals surface area contributed by atoms with Gasteiger partial charge in [-0.25, -0.2) is 0 Å². The van der Waals surface area contributed by atoms with Gasteiger partial charge in [0.1, 0.15) is 5.02 Å². The van der Waals surface area contributed by atoms with Crippen LogP contribution in [-0.2, 0) is 6.42 Å². The van der Waals surface area contributed by atoms with Gasteiger partial charge in [-0.2, -0.15) is 0 Å². The number of aryl methyl sites for hydroxylation is 1. The monoisotopic (exact) mass is 330 g/mol. The fourth-order valence-electron chi connectivity index (χ4n) is 2.94. The van der Waals surface area contributed by atoms with Crippen LogP contribution in [0.3, 0.4) is 0 Å². The number of halogens is 1.